The Morgan fingerprint density at radius 2 is 2.15 bits per heavy atom. The first-order chi connectivity index (χ1) is 9.49. The van der Waals surface area contributed by atoms with Gasteiger partial charge in [0.25, 0.3) is 0 Å². The van der Waals surface area contributed by atoms with Crippen LogP contribution < -0.4 is 11.1 Å². The minimum Gasteiger partial charge on any atom is -0.355 e. The van der Waals surface area contributed by atoms with Crippen molar-refractivity contribution in [2.24, 2.45) is 17.6 Å². The molecule has 1 aliphatic carbocycles. The lowest BCUT2D eigenvalue weighted by molar-refractivity contribution is -0.128. The maximum atomic E-state index is 12.3. The van der Waals surface area contributed by atoms with E-state index in [9.17, 15) is 4.79 Å². The van der Waals surface area contributed by atoms with Crippen molar-refractivity contribution in [1.82, 2.24) is 10.2 Å². The monoisotopic (exact) mass is 281 g/mol. The Morgan fingerprint density at radius 1 is 1.35 bits per heavy atom. The van der Waals surface area contributed by atoms with Gasteiger partial charge in [-0.1, -0.05) is 19.8 Å². The molecule has 0 spiro atoms. The predicted molar refractivity (Wildman–Crippen MR) is 82.4 cm³/mol. The van der Waals surface area contributed by atoms with Crippen LogP contribution in [0.3, 0.4) is 0 Å². The van der Waals surface area contributed by atoms with Gasteiger partial charge in [-0.25, -0.2) is 0 Å². The van der Waals surface area contributed by atoms with E-state index in [1.165, 1.54) is 25.9 Å². The van der Waals surface area contributed by atoms with Crippen LogP contribution >= 0.6 is 0 Å². The molecule has 3 unspecified atom stereocenters. The fraction of sp³-hybridized carbons (Fsp3) is 0.938. The Balaban J connectivity index is 1.72. The summed E-state index contributed by atoms with van der Waals surface area (Å²) < 4.78 is 0. The molecule has 0 aromatic heterocycles. The number of nitrogens with zero attached hydrogens (tertiary/aromatic N) is 1. The lowest BCUT2D eigenvalue weighted by Gasteiger charge is -2.37. The van der Waals surface area contributed by atoms with Gasteiger partial charge in [-0.2, -0.15) is 0 Å². The van der Waals surface area contributed by atoms with Gasteiger partial charge in [-0.3, -0.25) is 4.79 Å². The summed E-state index contributed by atoms with van der Waals surface area (Å²) in [6.07, 6.45) is 6.83. The molecule has 20 heavy (non-hydrogen) atoms. The molecule has 2 aliphatic rings. The SMILES string of the molecule is CC1CCCN(CCNC(=O)C2CCCCC2(C)N)C1. The highest BCUT2D eigenvalue weighted by Crippen LogP contribution is 2.31. The standard InChI is InChI=1S/C16H31N3O/c1-13-6-5-10-19(12-13)11-9-18-15(20)14-7-3-4-8-16(14,2)17/h13-14H,3-12,17H2,1-2H3,(H,18,20). The Kier molecular flexibility index (Phi) is 5.44. The summed E-state index contributed by atoms with van der Waals surface area (Å²) in [5.41, 5.74) is 5.97. The van der Waals surface area contributed by atoms with Crippen LogP contribution in [0.2, 0.25) is 0 Å². The van der Waals surface area contributed by atoms with Crippen molar-refractivity contribution in [3.05, 3.63) is 0 Å². The summed E-state index contributed by atoms with van der Waals surface area (Å²) in [6, 6.07) is 0. The first kappa shape index (κ1) is 15.8. The average Bonchev–Trinajstić information content (AvgIpc) is 2.38. The van der Waals surface area contributed by atoms with Gasteiger partial charge in [-0.15, -0.1) is 0 Å². The molecule has 1 amide bonds. The van der Waals surface area contributed by atoms with Crippen LogP contribution in [-0.4, -0.2) is 42.5 Å². The second-order valence-electron chi connectivity index (χ2n) is 7.14. The highest BCUT2D eigenvalue weighted by Gasteiger charge is 2.37. The molecule has 0 bridgehead atoms. The zero-order valence-electron chi connectivity index (χ0n) is 13.2. The van der Waals surface area contributed by atoms with E-state index in [0.29, 0.717) is 0 Å². The van der Waals surface area contributed by atoms with Gasteiger partial charge in [0, 0.05) is 25.2 Å². The van der Waals surface area contributed by atoms with Crippen LogP contribution in [0, 0.1) is 11.8 Å². The maximum Gasteiger partial charge on any atom is 0.225 e. The van der Waals surface area contributed by atoms with Crippen molar-refractivity contribution in [3.63, 3.8) is 0 Å². The fourth-order valence-electron chi connectivity index (χ4n) is 3.74. The molecular formula is C16H31N3O. The van der Waals surface area contributed by atoms with Crippen LogP contribution in [0.15, 0.2) is 0 Å². The quantitative estimate of drug-likeness (QED) is 0.825. The fourth-order valence-corrected chi connectivity index (χ4v) is 3.74. The molecule has 3 atom stereocenters. The summed E-state index contributed by atoms with van der Waals surface area (Å²) >= 11 is 0. The van der Waals surface area contributed by atoms with Crippen molar-refractivity contribution >= 4 is 5.91 Å². The first-order valence-corrected chi connectivity index (χ1v) is 8.28. The van der Waals surface area contributed by atoms with Gasteiger partial charge in [-0.05, 0) is 45.1 Å². The van der Waals surface area contributed by atoms with Crippen molar-refractivity contribution in [1.29, 1.82) is 0 Å². The number of likely N-dealkylation sites (tertiary alicyclic amines) is 1. The maximum absolute atomic E-state index is 12.3. The lowest BCUT2D eigenvalue weighted by Crippen LogP contribution is -2.53. The number of nitrogens with one attached hydrogen (secondary N) is 1. The van der Waals surface area contributed by atoms with Crippen LogP contribution in [0.1, 0.15) is 52.4 Å². The van der Waals surface area contributed by atoms with Crippen LogP contribution in [0.5, 0.6) is 0 Å². The molecule has 2 fully saturated rings. The molecule has 1 saturated heterocycles. The van der Waals surface area contributed by atoms with E-state index >= 15 is 0 Å². The van der Waals surface area contributed by atoms with E-state index in [1.54, 1.807) is 0 Å². The number of hydrogen-bond donors (Lipinski definition) is 2. The molecule has 0 aromatic carbocycles. The van der Waals surface area contributed by atoms with E-state index in [2.05, 4.69) is 17.1 Å². The molecule has 4 nitrogen and oxygen atoms in total. The zero-order valence-corrected chi connectivity index (χ0v) is 13.2. The Bertz CT molecular complexity index is 330. The summed E-state index contributed by atoms with van der Waals surface area (Å²) in [7, 11) is 0. The van der Waals surface area contributed by atoms with Gasteiger partial charge in [0.1, 0.15) is 0 Å². The van der Waals surface area contributed by atoms with Crippen molar-refractivity contribution in [2.45, 2.75) is 57.9 Å². The number of piperidine rings is 1. The van der Waals surface area contributed by atoms with Crippen LogP contribution in [-0.2, 0) is 4.79 Å². The highest BCUT2D eigenvalue weighted by molar-refractivity contribution is 5.80. The van der Waals surface area contributed by atoms with E-state index in [-0.39, 0.29) is 17.4 Å². The lowest BCUT2D eigenvalue weighted by atomic mass is 9.74. The summed E-state index contributed by atoms with van der Waals surface area (Å²) in [4.78, 5) is 14.8. The molecule has 3 N–H and O–H groups in total. The number of rotatable bonds is 4. The first-order valence-electron chi connectivity index (χ1n) is 8.28. The molecular weight excluding hydrogens is 250 g/mol. The van der Waals surface area contributed by atoms with Crippen molar-refractivity contribution in [2.75, 3.05) is 26.2 Å². The van der Waals surface area contributed by atoms with E-state index in [0.717, 1.165) is 44.7 Å². The van der Waals surface area contributed by atoms with Crippen LogP contribution in [0.4, 0.5) is 0 Å². The minimum absolute atomic E-state index is 0.00321. The second kappa shape index (κ2) is 6.90. The van der Waals surface area contributed by atoms with Crippen LogP contribution in [0.25, 0.3) is 0 Å². The zero-order chi connectivity index (χ0) is 14.6. The van der Waals surface area contributed by atoms with E-state index in [4.69, 9.17) is 5.73 Å². The second-order valence-corrected chi connectivity index (χ2v) is 7.14. The molecule has 1 saturated carbocycles. The number of amides is 1. The topological polar surface area (TPSA) is 58.4 Å². The molecule has 2 rings (SSSR count). The molecule has 1 aliphatic heterocycles. The molecule has 1 heterocycles. The van der Waals surface area contributed by atoms with Gasteiger partial charge in [0.05, 0.1) is 5.92 Å². The average molecular weight is 281 g/mol. The van der Waals surface area contributed by atoms with E-state index < -0.39 is 0 Å². The van der Waals surface area contributed by atoms with Gasteiger partial charge in [0.15, 0.2) is 0 Å². The summed E-state index contributed by atoms with van der Waals surface area (Å²) in [5, 5.41) is 3.11. The minimum atomic E-state index is -0.317. The number of carbonyl (C=O) groups excluding carboxylic acids is 1. The molecule has 4 heteroatoms. The van der Waals surface area contributed by atoms with Gasteiger partial charge < -0.3 is 16.0 Å². The smallest absolute Gasteiger partial charge is 0.225 e. The molecule has 116 valence electrons. The normalized spacial score (nSPS) is 35.8. The number of hydrogen-bond acceptors (Lipinski definition) is 3. The molecule has 0 aromatic rings. The Hall–Kier alpha value is -0.610. The Labute approximate surface area is 123 Å². The largest absolute Gasteiger partial charge is 0.355 e. The predicted octanol–water partition coefficient (Wildman–Crippen LogP) is 1.74. The highest BCUT2D eigenvalue weighted by atomic mass is 16.1. The van der Waals surface area contributed by atoms with Gasteiger partial charge >= 0.3 is 0 Å². The number of nitrogens with two attached hydrogens (primary N) is 1. The third-order valence-corrected chi connectivity index (χ3v) is 5.04. The third-order valence-electron chi connectivity index (χ3n) is 5.04. The summed E-state index contributed by atoms with van der Waals surface area (Å²) in [5.74, 6) is 0.960. The number of carbonyl (C=O) groups is 1. The Morgan fingerprint density at radius 3 is 2.85 bits per heavy atom. The molecule has 0 radical (unpaired) electrons. The van der Waals surface area contributed by atoms with Crippen molar-refractivity contribution in [3.8, 4) is 0 Å². The van der Waals surface area contributed by atoms with Gasteiger partial charge in [0.2, 0.25) is 5.91 Å². The van der Waals surface area contributed by atoms with E-state index in [1.807, 2.05) is 6.92 Å². The summed E-state index contributed by atoms with van der Waals surface area (Å²) in [6.45, 7) is 8.43. The van der Waals surface area contributed by atoms with Crippen molar-refractivity contribution < 1.29 is 4.79 Å². The third kappa shape index (κ3) is 4.19.